The van der Waals surface area contributed by atoms with Crippen LogP contribution in [0.3, 0.4) is 0 Å². The van der Waals surface area contributed by atoms with Crippen molar-refractivity contribution in [1.29, 1.82) is 0 Å². The minimum absolute atomic E-state index is 0.0479. The van der Waals surface area contributed by atoms with Gasteiger partial charge in [0.05, 0.1) is 21.5 Å². The van der Waals surface area contributed by atoms with Crippen molar-refractivity contribution < 1.29 is 0 Å². The van der Waals surface area contributed by atoms with Crippen molar-refractivity contribution in [1.82, 2.24) is 0 Å². The zero-order valence-electron chi connectivity index (χ0n) is 43.5. The average molecular weight is 935 g/mol. The summed E-state index contributed by atoms with van der Waals surface area (Å²) in [6.45, 7) is 43.0. The Morgan fingerprint density at radius 3 is 1.14 bits per heavy atom. The van der Waals surface area contributed by atoms with Gasteiger partial charge in [0, 0.05) is 28.4 Å². The maximum Gasteiger partial charge on any atom is 0.0651 e. The quantitative estimate of drug-likeness (QED) is 0.164. The molecule has 6 aromatic rings. The maximum atomic E-state index is 4.20. The lowest BCUT2D eigenvalue weighted by Crippen LogP contribution is -2.17. The molecule has 0 saturated carbocycles. The molecule has 0 saturated heterocycles. The zero-order valence-corrected chi connectivity index (χ0v) is 45.1. The van der Waals surface area contributed by atoms with E-state index in [1.165, 1.54) is 51.1 Å². The number of nitrogens with one attached hydrogen (secondary N) is 1. The van der Waals surface area contributed by atoms with Gasteiger partial charge in [-0.05, 0) is 163 Å². The standard InChI is InChI=1S/C58H72BrN3.C3H8/c1-38-33-43(57(12,13)14)34-39(2)53(38)62(48-31-25-42(26-32-48)56(9,10)11)49-20-18-19-45(37-49)60-50-35-44(58(15,16)17)36-51(52(50)59)61(46-27-21-40(22-28-46)54(3,4)5)47-29-23-41(24-30-47)55(6,7)8;1-3-2/h18-37,60H,1-17H3;3H2,1-2H3. The highest BCUT2D eigenvalue weighted by Crippen LogP contribution is 2.47. The molecule has 0 aliphatic heterocycles. The average Bonchev–Trinajstić information content (AvgIpc) is 3.20. The summed E-state index contributed by atoms with van der Waals surface area (Å²) < 4.78 is 0.995. The van der Waals surface area contributed by atoms with Gasteiger partial charge in [0.1, 0.15) is 0 Å². The van der Waals surface area contributed by atoms with E-state index in [1.54, 1.807) is 0 Å². The third kappa shape index (κ3) is 12.4. The summed E-state index contributed by atoms with van der Waals surface area (Å²) in [5.74, 6) is 0. The van der Waals surface area contributed by atoms with Crippen molar-refractivity contribution in [3.8, 4) is 0 Å². The molecule has 0 aliphatic rings. The van der Waals surface area contributed by atoms with Gasteiger partial charge in [0.15, 0.2) is 0 Å². The Morgan fingerprint density at radius 1 is 0.415 bits per heavy atom. The summed E-state index contributed by atoms with van der Waals surface area (Å²) in [7, 11) is 0. The van der Waals surface area contributed by atoms with Crippen LogP contribution < -0.4 is 15.1 Å². The fraction of sp³-hybridized carbons (Fsp3) is 0.410. The third-order valence-electron chi connectivity index (χ3n) is 12.1. The first-order valence-corrected chi connectivity index (χ1v) is 24.6. The molecular formula is C61H80BrN3. The molecule has 0 spiro atoms. The molecule has 0 heterocycles. The molecule has 4 heteroatoms. The Labute approximate surface area is 404 Å². The highest BCUT2D eigenvalue weighted by atomic mass is 79.9. The highest BCUT2D eigenvalue weighted by Gasteiger charge is 2.26. The Hall–Kier alpha value is -4.80. The van der Waals surface area contributed by atoms with E-state index in [2.05, 4.69) is 284 Å². The van der Waals surface area contributed by atoms with Crippen LogP contribution in [0.15, 0.2) is 126 Å². The van der Waals surface area contributed by atoms with E-state index in [0.717, 1.165) is 44.3 Å². The van der Waals surface area contributed by atoms with Gasteiger partial charge in [-0.1, -0.05) is 179 Å². The van der Waals surface area contributed by atoms with Crippen molar-refractivity contribution in [2.45, 2.75) is 165 Å². The molecule has 65 heavy (non-hydrogen) atoms. The van der Waals surface area contributed by atoms with E-state index in [0.29, 0.717) is 0 Å². The number of halogens is 1. The SMILES string of the molecule is CCC.Cc1cc(C(C)(C)C)cc(C)c1N(c1ccc(C(C)(C)C)cc1)c1cccc(Nc2cc(C(C)(C)C)cc(N(c3ccc(C(C)(C)C)cc3)c3ccc(C(C)(C)C)cc3)c2Br)c1. The van der Waals surface area contributed by atoms with Gasteiger partial charge in [-0.3, -0.25) is 0 Å². The van der Waals surface area contributed by atoms with Crippen molar-refractivity contribution in [3.63, 3.8) is 0 Å². The van der Waals surface area contributed by atoms with Gasteiger partial charge < -0.3 is 15.1 Å². The minimum Gasteiger partial charge on any atom is -0.354 e. The smallest absolute Gasteiger partial charge is 0.0651 e. The molecule has 0 bridgehead atoms. The van der Waals surface area contributed by atoms with Crippen LogP contribution in [0.2, 0.25) is 0 Å². The summed E-state index contributed by atoms with van der Waals surface area (Å²) in [4.78, 5) is 4.83. The molecule has 346 valence electrons. The molecule has 1 N–H and O–H groups in total. The second-order valence-electron chi connectivity index (χ2n) is 23.3. The van der Waals surface area contributed by atoms with Crippen LogP contribution in [0, 0.1) is 13.8 Å². The number of anilines is 8. The van der Waals surface area contributed by atoms with Crippen molar-refractivity contribution >= 4 is 61.4 Å². The molecule has 0 aromatic heterocycles. The Kier molecular flexibility index (Phi) is 15.4. The van der Waals surface area contributed by atoms with Gasteiger partial charge in [-0.25, -0.2) is 0 Å². The van der Waals surface area contributed by atoms with Gasteiger partial charge in [0.2, 0.25) is 0 Å². The lowest BCUT2D eigenvalue weighted by molar-refractivity contribution is 0.589. The molecule has 0 unspecified atom stereocenters. The fourth-order valence-electron chi connectivity index (χ4n) is 8.08. The number of nitrogens with zero attached hydrogens (tertiary/aromatic N) is 2. The first kappa shape index (κ1) is 51.2. The predicted octanol–water partition coefficient (Wildman–Crippen LogP) is 19.7. The maximum absolute atomic E-state index is 4.20. The molecule has 0 radical (unpaired) electrons. The summed E-state index contributed by atoms with van der Waals surface area (Å²) in [6.07, 6.45) is 1.25. The van der Waals surface area contributed by atoms with Gasteiger partial charge in [-0.2, -0.15) is 0 Å². The summed E-state index contributed by atoms with van der Waals surface area (Å²) in [5, 5.41) is 3.93. The minimum atomic E-state index is -0.115. The van der Waals surface area contributed by atoms with E-state index in [9.17, 15) is 0 Å². The lowest BCUT2D eigenvalue weighted by Gasteiger charge is -2.32. The topological polar surface area (TPSA) is 18.5 Å². The normalized spacial score (nSPS) is 12.4. The zero-order chi connectivity index (χ0) is 48.4. The van der Waals surface area contributed by atoms with Crippen LogP contribution in [0.1, 0.15) is 163 Å². The van der Waals surface area contributed by atoms with Crippen molar-refractivity contribution in [3.05, 3.63) is 165 Å². The number of hydrogen-bond acceptors (Lipinski definition) is 3. The van der Waals surface area contributed by atoms with E-state index in [1.807, 2.05) is 0 Å². The Bertz CT molecular complexity index is 2450. The molecule has 0 fully saturated rings. The predicted molar refractivity (Wildman–Crippen MR) is 292 cm³/mol. The second kappa shape index (κ2) is 19.6. The first-order valence-electron chi connectivity index (χ1n) is 23.8. The summed E-state index contributed by atoms with van der Waals surface area (Å²) in [6, 6.07) is 45.6. The first-order chi connectivity index (χ1) is 30.0. The molecule has 0 aliphatic carbocycles. The highest BCUT2D eigenvalue weighted by molar-refractivity contribution is 9.10. The van der Waals surface area contributed by atoms with Crippen LogP contribution in [-0.4, -0.2) is 0 Å². The van der Waals surface area contributed by atoms with Gasteiger partial charge in [-0.15, -0.1) is 0 Å². The summed E-state index contributed by atoms with van der Waals surface area (Å²) >= 11 is 4.20. The van der Waals surface area contributed by atoms with Crippen molar-refractivity contribution in [2.75, 3.05) is 15.1 Å². The molecular weight excluding hydrogens is 855 g/mol. The van der Waals surface area contributed by atoms with Crippen molar-refractivity contribution in [2.24, 2.45) is 0 Å². The van der Waals surface area contributed by atoms with E-state index in [-0.39, 0.29) is 27.1 Å². The molecule has 6 aromatic carbocycles. The fourth-order valence-corrected chi connectivity index (χ4v) is 8.59. The third-order valence-corrected chi connectivity index (χ3v) is 12.9. The molecule has 3 nitrogen and oxygen atoms in total. The number of benzene rings is 6. The summed E-state index contributed by atoms with van der Waals surface area (Å²) in [5.41, 5.74) is 17.9. The van der Waals surface area contributed by atoms with E-state index >= 15 is 0 Å². The molecule has 0 amide bonds. The number of hydrogen-bond donors (Lipinski definition) is 1. The van der Waals surface area contributed by atoms with Crippen LogP contribution in [0.4, 0.5) is 45.5 Å². The van der Waals surface area contributed by atoms with E-state index < -0.39 is 0 Å². The second-order valence-corrected chi connectivity index (χ2v) is 24.1. The lowest BCUT2D eigenvalue weighted by atomic mass is 9.84. The van der Waals surface area contributed by atoms with Crippen LogP contribution in [-0.2, 0) is 27.1 Å². The Morgan fingerprint density at radius 2 is 0.769 bits per heavy atom. The monoisotopic (exact) mass is 934 g/mol. The van der Waals surface area contributed by atoms with Crippen LogP contribution in [0.5, 0.6) is 0 Å². The number of rotatable bonds is 8. The van der Waals surface area contributed by atoms with Gasteiger partial charge in [0.25, 0.3) is 0 Å². The number of aryl methyl sites for hydroxylation is 2. The molecule has 6 rings (SSSR count). The van der Waals surface area contributed by atoms with Crippen LogP contribution in [0.25, 0.3) is 0 Å². The molecule has 0 atom stereocenters. The van der Waals surface area contributed by atoms with Gasteiger partial charge >= 0.3 is 0 Å². The largest absolute Gasteiger partial charge is 0.354 e. The van der Waals surface area contributed by atoms with Crippen LogP contribution >= 0.6 is 15.9 Å². The Balaban J connectivity index is 0.00000257. The van der Waals surface area contributed by atoms with E-state index in [4.69, 9.17) is 0 Å².